The molecule has 0 fully saturated rings. The summed E-state index contributed by atoms with van der Waals surface area (Å²) in [5.74, 6) is 0. The Labute approximate surface area is 116 Å². The highest BCUT2D eigenvalue weighted by atomic mass is 16.5. The van der Waals surface area contributed by atoms with Crippen molar-refractivity contribution in [1.29, 1.82) is 5.53 Å². The minimum absolute atomic E-state index is 0.489. The fourth-order valence-electron chi connectivity index (χ4n) is 2.56. The third-order valence-corrected chi connectivity index (χ3v) is 3.72. The van der Waals surface area contributed by atoms with Crippen LogP contribution in [-0.2, 0) is 11.2 Å². The highest BCUT2D eigenvalue weighted by Crippen LogP contribution is 2.30. The first-order valence-corrected chi connectivity index (χ1v) is 6.50. The molecule has 5 heteroatoms. The third kappa shape index (κ3) is 2.01. The van der Waals surface area contributed by atoms with Gasteiger partial charge in [-0.25, -0.2) is 10.5 Å². The van der Waals surface area contributed by atoms with Crippen LogP contribution in [0.3, 0.4) is 0 Å². The molecule has 1 atom stereocenters. The summed E-state index contributed by atoms with van der Waals surface area (Å²) >= 11 is 0. The molecule has 3 rings (SSSR count). The van der Waals surface area contributed by atoms with Crippen LogP contribution in [0.5, 0.6) is 0 Å². The molecule has 0 saturated heterocycles. The molecule has 1 aliphatic heterocycles. The maximum Gasteiger partial charge on any atom is 0.229 e. The van der Waals surface area contributed by atoms with Crippen molar-refractivity contribution in [3.63, 3.8) is 0 Å². The maximum absolute atomic E-state index is 7.18. The van der Waals surface area contributed by atoms with Crippen molar-refractivity contribution < 1.29 is 4.74 Å². The molecule has 0 saturated carbocycles. The van der Waals surface area contributed by atoms with Gasteiger partial charge in [0.2, 0.25) is 6.23 Å². The van der Waals surface area contributed by atoms with Crippen LogP contribution >= 0.6 is 0 Å². The molecular weight excluding hydrogens is 252 g/mol. The first kappa shape index (κ1) is 12.6. The molecule has 5 nitrogen and oxygen atoms in total. The number of fused-ring (bicyclic) bond motifs is 1. The number of aromatic amines is 1. The van der Waals surface area contributed by atoms with Crippen molar-refractivity contribution >= 4 is 11.0 Å². The zero-order valence-electron chi connectivity index (χ0n) is 11.5. The van der Waals surface area contributed by atoms with Gasteiger partial charge < -0.3 is 9.72 Å². The van der Waals surface area contributed by atoms with Crippen molar-refractivity contribution in [3.8, 4) is 0 Å². The maximum atomic E-state index is 7.18. The molecule has 0 bridgehead atoms. The molecule has 0 spiro atoms. The molecule has 0 aromatic carbocycles. The van der Waals surface area contributed by atoms with E-state index in [1.807, 2.05) is 26.1 Å². The van der Waals surface area contributed by atoms with Crippen LogP contribution in [-0.4, -0.2) is 16.2 Å². The monoisotopic (exact) mass is 268 g/mol. The normalized spacial score (nSPS) is 18.9. The molecule has 0 radical (unpaired) electrons. The van der Waals surface area contributed by atoms with E-state index in [1.54, 1.807) is 12.5 Å². The van der Waals surface area contributed by atoms with E-state index in [9.17, 15) is 0 Å². The lowest BCUT2D eigenvalue weighted by atomic mass is 9.93. The number of H-pyrrole nitrogens is 1. The average molecular weight is 268 g/mol. The number of aromatic nitrogens is 2. The van der Waals surface area contributed by atoms with Gasteiger partial charge in [-0.3, -0.25) is 0 Å². The molecule has 102 valence electrons. The molecule has 0 amide bonds. The summed E-state index contributed by atoms with van der Waals surface area (Å²) in [6.07, 6.45) is 5.76. The van der Waals surface area contributed by atoms with Crippen molar-refractivity contribution in [1.82, 2.24) is 9.97 Å². The summed E-state index contributed by atoms with van der Waals surface area (Å²) in [6, 6.07) is 4.00. The molecule has 20 heavy (non-hydrogen) atoms. The number of hydrogen-bond acceptors (Lipinski definition) is 4. The third-order valence-electron chi connectivity index (χ3n) is 3.72. The predicted molar refractivity (Wildman–Crippen MR) is 76.3 cm³/mol. The lowest BCUT2D eigenvalue weighted by Gasteiger charge is -2.22. The summed E-state index contributed by atoms with van der Waals surface area (Å²) in [5.41, 5.74) is 12.5. The minimum atomic E-state index is -0.489. The number of rotatable bonds is 3. The van der Waals surface area contributed by atoms with Crippen molar-refractivity contribution in [2.45, 2.75) is 26.5 Å². The lowest BCUT2D eigenvalue weighted by molar-refractivity contribution is 0.166. The Morgan fingerprint density at radius 3 is 3.10 bits per heavy atom. The summed E-state index contributed by atoms with van der Waals surface area (Å²) in [4.78, 5) is 7.49. The predicted octanol–water partition coefficient (Wildman–Crippen LogP) is 3.71. The molecule has 1 unspecified atom stereocenters. The number of allylic oxidation sites excluding steroid dienone is 2. The van der Waals surface area contributed by atoms with Crippen LogP contribution in [0.15, 0.2) is 52.6 Å². The van der Waals surface area contributed by atoms with E-state index in [0.29, 0.717) is 0 Å². The van der Waals surface area contributed by atoms with E-state index in [1.165, 1.54) is 11.1 Å². The fourth-order valence-corrected chi connectivity index (χ4v) is 2.56. The van der Waals surface area contributed by atoms with E-state index in [4.69, 9.17) is 10.3 Å². The second-order valence-electron chi connectivity index (χ2n) is 4.97. The Bertz CT molecular complexity index is 726. The summed E-state index contributed by atoms with van der Waals surface area (Å²) in [7, 11) is 0. The average Bonchev–Trinajstić information content (AvgIpc) is 2.87. The number of hydrogen-bond donors (Lipinski definition) is 2. The lowest BCUT2D eigenvalue weighted by Crippen LogP contribution is -2.16. The highest BCUT2D eigenvalue weighted by molar-refractivity contribution is 5.80. The van der Waals surface area contributed by atoms with Crippen LogP contribution in [0.4, 0.5) is 0 Å². The van der Waals surface area contributed by atoms with E-state index in [2.05, 4.69) is 21.1 Å². The van der Waals surface area contributed by atoms with Gasteiger partial charge in [0.25, 0.3) is 0 Å². The van der Waals surface area contributed by atoms with Gasteiger partial charge in [0.15, 0.2) is 0 Å². The van der Waals surface area contributed by atoms with Crippen molar-refractivity contribution in [2.24, 2.45) is 5.11 Å². The van der Waals surface area contributed by atoms with E-state index >= 15 is 0 Å². The summed E-state index contributed by atoms with van der Waals surface area (Å²) in [5, 5.41) is 4.64. The van der Waals surface area contributed by atoms with Crippen LogP contribution in [0.1, 0.15) is 19.4 Å². The Hall–Kier alpha value is -2.43. The molecule has 2 aromatic heterocycles. The minimum Gasteiger partial charge on any atom is -0.471 e. The van der Waals surface area contributed by atoms with Gasteiger partial charge in [-0.2, -0.15) is 0 Å². The Morgan fingerprint density at radius 2 is 2.30 bits per heavy atom. The molecule has 2 aromatic rings. The van der Waals surface area contributed by atoms with Gasteiger partial charge in [-0.05, 0) is 48.3 Å². The Balaban J connectivity index is 2.01. The van der Waals surface area contributed by atoms with E-state index < -0.39 is 6.23 Å². The van der Waals surface area contributed by atoms with E-state index in [-0.39, 0.29) is 0 Å². The zero-order chi connectivity index (χ0) is 14.1. The standard InChI is InChI=1S/C15H16N4O/c1-9-8-20-15(19-16)10(2)13(9)6-11-7-18-14-12(11)4-3-5-17-14/h3-5,7-8,15-16H,6H2,1-2H3,(H,17,18). The summed E-state index contributed by atoms with van der Waals surface area (Å²) < 4.78 is 5.39. The largest absolute Gasteiger partial charge is 0.471 e. The number of nitrogens with one attached hydrogen (secondary N) is 2. The van der Waals surface area contributed by atoms with Gasteiger partial charge >= 0.3 is 0 Å². The van der Waals surface area contributed by atoms with Gasteiger partial charge in [-0.1, -0.05) is 0 Å². The summed E-state index contributed by atoms with van der Waals surface area (Å²) in [6.45, 7) is 3.99. The fraction of sp³-hybridized carbons (Fsp3) is 0.267. The van der Waals surface area contributed by atoms with Crippen molar-refractivity contribution in [2.75, 3.05) is 0 Å². The van der Waals surface area contributed by atoms with Gasteiger partial charge in [0, 0.05) is 24.2 Å². The van der Waals surface area contributed by atoms with Crippen LogP contribution in [0, 0.1) is 5.53 Å². The Morgan fingerprint density at radius 1 is 1.45 bits per heavy atom. The van der Waals surface area contributed by atoms with Gasteiger partial charge in [-0.15, -0.1) is 5.11 Å². The number of pyridine rings is 1. The number of nitrogens with zero attached hydrogens (tertiary/aromatic N) is 2. The SMILES string of the molecule is CC1=COC(N=N)C(C)=C1Cc1c[nH]c2ncccc12. The second-order valence-corrected chi connectivity index (χ2v) is 4.97. The molecule has 3 heterocycles. The smallest absolute Gasteiger partial charge is 0.229 e. The molecule has 0 aliphatic carbocycles. The Kier molecular flexibility index (Phi) is 3.10. The van der Waals surface area contributed by atoms with Crippen LogP contribution in [0.25, 0.3) is 11.0 Å². The quantitative estimate of drug-likeness (QED) is 0.833. The topological polar surface area (TPSA) is 74.1 Å². The molecule has 2 N–H and O–H groups in total. The molecular formula is C15H16N4O. The van der Waals surface area contributed by atoms with Crippen molar-refractivity contribution in [3.05, 3.63) is 53.1 Å². The first-order valence-electron chi connectivity index (χ1n) is 6.50. The molecule has 1 aliphatic rings. The first-order chi connectivity index (χ1) is 9.70. The van der Waals surface area contributed by atoms with Gasteiger partial charge in [0.05, 0.1) is 6.26 Å². The van der Waals surface area contributed by atoms with E-state index in [0.717, 1.165) is 28.6 Å². The second kappa shape index (κ2) is 4.92. The highest BCUT2D eigenvalue weighted by Gasteiger charge is 2.21. The number of ether oxygens (including phenoxy) is 1. The van der Waals surface area contributed by atoms with Gasteiger partial charge in [0.1, 0.15) is 5.65 Å². The van der Waals surface area contributed by atoms with Crippen LogP contribution < -0.4 is 0 Å². The van der Waals surface area contributed by atoms with Crippen LogP contribution in [0.2, 0.25) is 0 Å². The zero-order valence-corrected chi connectivity index (χ0v) is 11.5.